The molecule has 0 saturated carbocycles. The highest BCUT2D eigenvalue weighted by molar-refractivity contribution is 6.30. The predicted molar refractivity (Wildman–Crippen MR) is 102 cm³/mol. The number of aliphatic imine (C=N–C) groups is 1. The topological polar surface area (TPSA) is 63.3 Å². The predicted octanol–water partition coefficient (Wildman–Crippen LogP) is 1.97. The zero-order valence-electron chi connectivity index (χ0n) is 14.6. The van der Waals surface area contributed by atoms with Crippen LogP contribution >= 0.6 is 11.6 Å². The van der Waals surface area contributed by atoms with Crippen molar-refractivity contribution in [3.8, 4) is 0 Å². The Morgan fingerprint density at radius 2 is 2.00 bits per heavy atom. The SMILES string of the molecule is NC(=NCCCOC1CCOC1)N1CCN(c2ccc(Cl)cc2)CC1. The van der Waals surface area contributed by atoms with E-state index in [2.05, 4.69) is 26.9 Å². The summed E-state index contributed by atoms with van der Waals surface area (Å²) in [6.07, 6.45) is 2.16. The highest BCUT2D eigenvalue weighted by atomic mass is 35.5. The standard InChI is InChI=1S/C18H27ClN4O2/c19-15-2-4-16(5-3-15)22-8-10-23(11-9-22)18(20)21-7-1-12-25-17-6-13-24-14-17/h2-5,17H,1,6-14H2,(H2,20,21). The van der Waals surface area contributed by atoms with Crippen LogP contribution in [0.5, 0.6) is 0 Å². The van der Waals surface area contributed by atoms with Crippen LogP contribution in [0, 0.1) is 0 Å². The van der Waals surface area contributed by atoms with Gasteiger partial charge in [0.2, 0.25) is 0 Å². The number of anilines is 1. The van der Waals surface area contributed by atoms with Crippen molar-refractivity contribution in [3.05, 3.63) is 29.3 Å². The maximum atomic E-state index is 6.14. The summed E-state index contributed by atoms with van der Waals surface area (Å²) in [6.45, 7) is 6.60. The van der Waals surface area contributed by atoms with Gasteiger partial charge in [-0.05, 0) is 37.1 Å². The molecule has 1 atom stereocenters. The Kier molecular flexibility index (Phi) is 6.78. The Morgan fingerprint density at radius 1 is 1.24 bits per heavy atom. The Balaban J connectivity index is 1.35. The molecule has 6 nitrogen and oxygen atoms in total. The van der Waals surface area contributed by atoms with E-state index in [-0.39, 0.29) is 6.10 Å². The summed E-state index contributed by atoms with van der Waals surface area (Å²) < 4.78 is 11.0. The van der Waals surface area contributed by atoms with E-state index in [0.29, 0.717) is 12.5 Å². The molecule has 2 heterocycles. The van der Waals surface area contributed by atoms with Gasteiger partial charge in [-0.15, -0.1) is 0 Å². The number of hydrogen-bond acceptors (Lipinski definition) is 4. The van der Waals surface area contributed by atoms with Crippen LogP contribution in [0.15, 0.2) is 29.3 Å². The first-order valence-corrected chi connectivity index (χ1v) is 9.35. The van der Waals surface area contributed by atoms with Gasteiger partial charge in [-0.3, -0.25) is 4.99 Å². The highest BCUT2D eigenvalue weighted by Gasteiger charge is 2.18. The van der Waals surface area contributed by atoms with Crippen molar-refractivity contribution in [1.82, 2.24) is 4.90 Å². The van der Waals surface area contributed by atoms with Crippen LogP contribution < -0.4 is 10.6 Å². The summed E-state index contributed by atoms with van der Waals surface area (Å²) >= 11 is 5.95. The average Bonchev–Trinajstić information content (AvgIpc) is 3.15. The molecule has 0 amide bonds. The lowest BCUT2D eigenvalue weighted by atomic mass is 10.2. The average molecular weight is 367 g/mol. The second-order valence-electron chi connectivity index (χ2n) is 6.40. The molecular formula is C18H27ClN4O2. The first kappa shape index (κ1) is 18.3. The zero-order valence-corrected chi connectivity index (χ0v) is 15.3. The van der Waals surface area contributed by atoms with Crippen LogP contribution in [0.1, 0.15) is 12.8 Å². The molecule has 2 fully saturated rings. The van der Waals surface area contributed by atoms with Crippen LogP contribution in [0.3, 0.4) is 0 Å². The molecule has 2 N–H and O–H groups in total. The van der Waals surface area contributed by atoms with Gasteiger partial charge in [0.15, 0.2) is 5.96 Å². The van der Waals surface area contributed by atoms with Crippen LogP contribution in [0.4, 0.5) is 5.69 Å². The monoisotopic (exact) mass is 366 g/mol. The first-order valence-electron chi connectivity index (χ1n) is 8.97. The number of nitrogens with two attached hydrogens (primary N) is 1. The lowest BCUT2D eigenvalue weighted by Gasteiger charge is -2.36. The van der Waals surface area contributed by atoms with Gasteiger partial charge in [0, 0.05) is 56.6 Å². The van der Waals surface area contributed by atoms with Crippen LogP contribution in [-0.4, -0.2) is 69.5 Å². The van der Waals surface area contributed by atoms with Crippen molar-refractivity contribution in [2.24, 2.45) is 10.7 Å². The molecule has 2 saturated heterocycles. The Bertz CT molecular complexity index is 553. The highest BCUT2D eigenvalue weighted by Crippen LogP contribution is 2.19. The molecular weight excluding hydrogens is 340 g/mol. The van der Waals surface area contributed by atoms with Gasteiger partial charge >= 0.3 is 0 Å². The van der Waals surface area contributed by atoms with Gasteiger partial charge < -0.3 is 25.0 Å². The number of guanidine groups is 1. The lowest BCUT2D eigenvalue weighted by molar-refractivity contribution is 0.0424. The van der Waals surface area contributed by atoms with E-state index < -0.39 is 0 Å². The molecule has 2 aliphatic heterocycles. The molecule has 0 radical (unpaired) electrons. The van der Waals surface area contributed by atoms with Crippen LogP contribution in [0.2, 0.25) is 5.02 Å². The largest absolute Gasteiger partial charge is 0.379 e. The summed E-state index contributed by atoms with van der Waals surface area (Å²) in [5.41, 5.74) is 7.34. The van der Waals surface area contributed by atoms with E-state index >= 15 is 0 Å². The van der Waals surface area contributed by atoms with Crippen molar-refractivity contribution in [2.45, 2.75) is 18.9 Å². The number of nitrogens with zero attached hydrogens (tertiary/aromatic N) is 3. The number of piperazine rings is 1. The Labute approximate surface area is 154 Å². The second-order valence-corrected chi connectivity index (χ2v) is 6.84. The maximum absolute atomic E-state index is 6.14. The normalized spacial score (nSPS) is 21.8. The minimum absolute atomic E-state index is 0.266. The fourth-order valence-corrected chi connectivity index (χ4v) is 3.22. The Hall–Kier alpha value is -1.50. The first-order chi connectivity index (χ1) is 12.2. The minimum atomic E-state index is 0.266. The molecule has 3 rings (SSSR count). The van der Waals surface area contributed by atoms with E-state index in [0.717, 1.165) is 63.9 Å². The van der Waals surface area contributed by atoms with Gasteiger partial charge in [0.05, 0.1) is 12.7 Å². The van der Waals surface area contributed by atoms with Crippen molar-refractivity contribution in [3.63, 3.8) is 0 Å². The minimum Gasteiger partial charge on any atom is -0.379 e. The van der Waals surface area contributed by atoms with Gasteiger partial charge in [0.25, 0.3) is 0 Å². The molecule has 7 heteroatoms. The van der Waals surface area contributed by atoms with E-state index in [4.69, 9.17) is 26.8 Å². The van der Waals surface area contributed by atoms with E-state index in [9.17, 15) is 0 Å². The molecule has 0 bridgehead atoms. The zero-order chi connectivity index (χ0) is 17.5. The number of benzene rings is 1. The van der Waals surface area contributed by atoms with Gasteiger partial charge in [-0.25, -0.2) is 0 Å². The third-order valence-electron chi connectivity index (χ3n) is 4.61. The third-order valence-corrected chi connectivity index (χ3v) is 4.87. The van der Waals surface area contributed by atoms with Crippen LogP contribution in [-0.2, 0) is 9.47 Å². The smallest absolute Gasteiger partial charge is 0.191 e. The summed E-state index contributed by atoms with van der Waals surface area (Å²) in [5, 5.41) is 0.767. The number of halogens is 1. The summed E-state index contributed by atoms with van der Waals surface area (Å²) in [6, 6.07) is 7.98. The maximum Gasteiger partial charge on any atom is 0.191 e. The number of rotatable bonds is 6. The van der Waals surface area contributed by atoms with E-state index in [1.54, 1.807) is 0 Å². The number of hydrogen-bond donors (Lipinski definition) is 1. The summed E-state index contributed by atoms with van der Waals surface area (Å²) in [5.74, 6) is 0.639. The molecule has 0 spiro atoms. The third kappa shape index (κ3) is 5.49. The molecule has 1 aromatic carbocycles. The van der Waals surface area contributed by atoms with Crippen molar-refractivity contribution in [2.75, 3.05) is 57.4 Å². The Morgan fingerprint density at radius 3 is 2.68 bits per heavy atom. The molecule has 138 valence electrons. The molecule has 1 unspecified atom stereocenters. The fraction of sp³-hybridized carbons (Fsp3) is 0.611. The summed E-state index contributed by atoms with van der Waals surface area (Å²) in [4.78, 5) is 8.99. The van der Waals surface area contributed by atoms with Crippen LogP contribution in [0.25, 0.3) is 0 Å². The molecule has 2 aliphatic rings. The molecule has 0 aliphatic carbocycles. The molecule has 25 heavy (non-hydrogen) atoms. The van der Waals surface area contributed by atoms with E-state index in [1.807, 2.05) is 12.1 Å². The van der Waals surface area contributed by atoms with Gasteiger partial charge in [0.1, 0.15) is 0 Å². The van der Waals surface area contributed by atoms with Gasteiger partial charge in [-0.2, -0.15) is 0 Å². The van der Waals surface area contributed by atoms with E-state index in [1.165, 1.54) is 5.69 Å². The molecule has 1 aromatic rings. The lowest BCUT2D eigenvalue weighted by Crippen LogP contribution is -2.51. The van der Waals surface area contributed by atoms with Crippen molar-refractivity contribution >= 4 is 23.2 Å². The number of ether oxygens (including phenoxy) is 2. The molecule has 0 aromatic heterocycles. The summed E-state index contributed by atoms with van der Waals surface area (Å²) in [7, 11) is 0. The van der Waals surface area contributed by atoms with Crippen molar-refractivity contribution in [1.29, 1.82) is 0 Å². The fourth-order valence-electron chi connectivity index (χ4n) is 3.10. The second kappa shape index (κ2) is 9.27. The van der Waals surface area contributed by atoms with Gasteiger partial charge in [-0.1, -0.05) is 11.6 Å². The van der Waals surface area contributed by atoms with Crippen molar-refractivity contribution < 1.29 is 9.47 Å². The quantitative estimate of drug-likeness (QED) is 0.474.